The molecule has 3 heterocycles. The number of nitrogens with zero attached hydrogens (tertiary/aromatic N) is 4. The Labute approximate surface area is 274 Å². The van der Waals surface area contributed by atoms with Gasteiger partial charge >= 0.3 is 0 Å². The largest absolute Gasteiger partial charge is 0.393 e. The molecule has 5 N–H and O–H groups in total. The van der Waals surface area contributed by atoms with Crippen molar-refractivity contribution in [3.63, 3.8) is 0 Å². The zero-order valence-electron chi connectivity index (χ0n) is 28.4. The molecule has 5 aliphatic rings. The second-order valence-corrected chi connectivity index (χ2v) is 16.6. The number of hydrogen-bond acceptors (Lipinski definition) is 8. The predicted molar refractivity (Wildman–Crippen MR) is 178 cm³/mol. The average molecular weight is 636 g/mol. The van der Waals surface area contributed by atoms with Gasteiger partial charge in [-0.05, 0) is 111 Å². The molecule has 1 saturated heterocycles. The van der Waals surface area contributed by atoms with Crippen LogP contribution in [0.2, 0.25) is 0 Å². The summed E-state index contributed by atoms with van der Waals surface area (Å²) in [5, 5.41) is 32.0. The van der Waals surface area contributed by atoms with Crippen molar-refractivity contribution in [2.24, 2.45) is 46.3 Å². The van der Waals surface area contributed by atoms with Crippen LogP contribution in [0.4, 0.5) is 5.82 Å². The molecule has 0 amide bonds. The topological polar surface area (TPSA) is 140 Å². The first kappa shape index (κ1) is 32.5. The monoisotopic (exact) mass is 635 g/mol. The van der Waals surface area contributed by atoms with Crippen LogP contribution in [0.5, 0.6) is 0 Å². The summed E-state index contributed by atoms with van der Waals surface area (Å²) in [7, 11) is 0. The van der Waals surface area contributed by atoms with Crippen molar-refractivity contribution < 1.29 is 20.1 Å². The number of hydrogen-bond donors (Lipinski definition) is 4. The van der Waals surface area contributed by atoms with E-state index in [0.717, 1.165) is 48.9 Å². The molecule has 0 aromatic carbocycles. The Balaban J connectivity index is 0.894. The van der Waals surface area contributed by atoms with Crippen molar-refractivity contribution in [1.29, 1.82) is 0 Å². The summed E-state index contributed by atoms with van der Waals surface area (Å²) >= 11 is 0. The molecule has 13 atom stereocenters. The van der Waals surface area contributed by atoms with Crippen LogP contribution in [0, 0.1) is 46.3 Å². The minimum absolute atomic E-state index is 0.127. The summed E-state index contributed by atoms with van der Waals surface area (Å²) in [6, 6.07) is 0. The molecule has 0 bridgehead atoms. The molecule has 2 aromatic heterocycles. The summed E-state index contributed by atoms with van der Waals surface area (Å²) < 4.78 is 7.83. The molecule has 0 radical (unpaired) electrons. The Bertz CT molecular complexity index is 1430. The number of nitrogen functional groups attached to an aromatic ring is 1. The number of aromatic nitrogens is 4. The normalized spacial score (nSPS) is 41.9. The van der Waals surface area contributed by atoms with Gasteiger partial charge in [0.15, 0.2) is 17.7 Å². The number of imidazole rings is 1. The van der Waals surface area contributed by atoms with Crippen molar-refractivity contribution in [2.45, 2.75) is 142 Å². The predicted octanol–water partition coefficient (Wildman–Crippen LogP) is 6.19. The third-order valence-electron chi connectivity index (χ3n) is 14.1. The summed E-state index contributed by atoms with van der Waals surface area (Å²) in [6.07, 6.45) is 17.3. The van der Waals surface area contributed by atoms with E-state index in [-0.39, 0.29) is 11.9 Å². The highest BCUT2D eigenvalue weighted by molar-refractivity contribution is 5.81. The van der Waals surface area contributed by atoms with Gasteiger partial charge in [-0.3, -0.25) is 4.57 Å². The maximum atomic E-state index is 10.8. The number of anilines is 1. The molecule has 9 nitrogen and oxygen atoms in total. The van der Waals surface area contributed by atoms with E-state index < -0.39 is 24.5 Å². The lowest BCUT2D eigenvalue weighted by atomic mass is 9.47. The van der Waals surface area contributed by atoms with Gasteiger partial charge in [0.1, 0.15) is 24.1 Å². The number of aliphatic hydroxyl groups is 3. The van der Waals surface area contributed by atoms with Gasteiger partial charge in [-0.25, -0.2) is 15.0 Å². The van der Waals surface area contributed by atoms with Crippen molar-refractivity contribution in [2.75, 3.05) is 5.73 Å². The van der Waals surface area contributed by atoms with E-state index in [9.17, 15) is 15.3 Å². The van der Waals surface area contributed by atoms with Gasteiger partial charge in [0.2, 0.25) is 0 Å². The quantitative estimate of drug-likeness (QED) is 0.239. The summed E-state index contributed by atoms with van der Waals surface area (Å²) in [5.41, 5.74) is 9.25. The Hall–Kier alpha value is -2.07. The number of allylic oxidation sites excluding steroid dienone is 1. The molecule has 0 spiro atoms. The van der Waals surface area contributed by atoms with Crippen LogP contribution in [0.1, 0.15) is 117 Å². The maximum Gasteiger partial charge on any atom is 0.167 e. The van der Waals surface area contributed by atoms with Crippen molar-refractivity contribution >= 4 is 17.0 Å². The van der Waals surface area contributed by atoms with E-state index in [1.54, 1.807) is 16.5 Å². The zero-order valence-corrected chi connectivity index (χ0v) is 28.4. The molecule has 7 rings (SSSR count). The summed E-state index contributed by atoms with van der Waals surface area (Å²) in [4.78, 5) is 12.5. The third kappa shape index (κ3) is 5.41. The van der Waals surface area contributed by atoms with E-state index in [4.69, 9.17) is 10.5 Å². The lowest BCUT2D eigenvalue weighted by Crippen LogP contribution is -2.50. The van der Waals surface area contributed by atoms with E-state index in [1.807, 2.05) is 0 Å². The van der Waals surface area contributed by atoms with Gasteiger partial charge in [0, 0.05) is 0 Å². The van der Waals surface area contributed by atoms with Crippen LogP contribution < -0.4 is 5.73 Å². The standard InChI is InChI=1S/C37H57N5O4/c1-21(8-13-29-31(44)32(45)35(46-29)42-20-41-30-33(38)39-19-40-34(30)42)6-5-7-22(2)26-11-12-27-25-10-9-23-18-24(43)14-16-36(23,3)28(25)15-17-37(26,27)4/h9,19-22,24-29,31-32,35,43-45H,5-8,10-18H2,1-4H3,(H2,38,39,40)/t21?,22?,24-,25-,26+,27-,28-,29+,31+,32+,35+,36-,37+/m0/s1. The molecule has 46 heavy (non-hydrogen) atoms. The highest BCUT2D eigenvalue weighted by Crippen LogP contribution is 2.67. The van der Waals surface area contributed by atoms with Gasteiger partial charge in [-0.1, -0.05) is 58.6 Å². The van der Waals surface area contributed by atoms with Gasteiger partial charge in [-0.2, -0.15) is 0 Å². The Morgan fingerprint density at radius 1 is 0.978 bits per heavy atom. The van der Waals surface area contributed by atoms with Crippen molar-refractivity contribution in [1.82, 2.24) is 19.5 Å². The fourth-order valence-corrected chi connectivity index (χ4v) is 11.5. The Morgan fingerprint density at radius 3 is 2.63 bits per heavy atom. The van der Waals surface area contributed by atoms with Crippen LogP contribution in [0.15, 0.2) is 24.3 Å². The second-order valence-electron chi connectivity index (χ2n) is 16.6. The molecule has 3 saturated carbocycles. The number of nitrogens with two attached hydrogens (primary N) is 1. The van der Waals surface area contributed by atoms with E-state index in [2.05, 4.69) is 48.7 Å². The van der Waals surface area contributed by atoms with Crippen LogP contribution in [0.3, 0.4) is 0 Å². The first-order valence-electron chi connectivity index (χ1n) is 18.3. The van der Waals surface area contributed by atoms with Crippen LogP contribution in [-0.4, -0.2) is 59.3 Å². The Kier molecular flexibility index (Phi) is 8.77. The van der Waals surface area contributed by atoms with Gasteiger partial charge in [0.25, 0.3) is 0 Å². The van der Waals surface area contributed by atoms with Crippen LogP contribution in [-0.2, 0) is 4.74 Å². The van der Waals surface area contributed by atoms with E-state index in [1.165, 1.54) is 64.1 Å². The molecule has 4 aliphatic carbocycles. The third-order valence-corrected chi connectivity index (χ3v) is 14.1. The molecule has 254 valence electrons. The smallest absolute Gasteiger partial charge is 0.167 e. The SMILES string of the molecule is CC(CCCC(C)[C@H]1CC[C@H]2[C@@H]3CC=C4C[C@@H](O)CC[C@]4(C)[C@H]3CC[C@]12C)CC[C@H]1O[C@@H](n2cnc3c(N)ncnc32)[C@H](O)[C@@H]1O. The molecular formula is C37H57N5O4. The zero-order chi connectivity index (χ0) is 32.4. The number of fused-ring (bicyclic) bond motifs is 6. The summed E-state index contributed by atoms with van der Waals surface area (Å²) in [5.74, 6) is 4.85. The highest BCUT2D eigenvalue weighted by atomic mass is 16.6. The number of rotatable bonds is 9. The van der Waals surface area contributed by atoms with Crippen molar-refractivity contribution in [3.8, 4) is 0 Å². The van der Waals surface area contributed by atoms with Gasteiger partial charge in [0.05, 0.1) is 18.5 Å². The molecule has 1 aliphatic heterocycles. The van der Waals surface area contributed by atoms with Crippen molar-refractivity contribution in [3.05, 3.63) is 24.3 Å². The lowest BCUT2D eigenvalue weighted by Gasteiger charge is -2.58. The number of ether oxygens (including phenoxy) is 1. The second kappa shape index (κ2) is 12.4. The highest BCUT2D eigenvalue weighted by Gasteiger charge is 2.59. The first-order valence-corrected chi connectivity index (χ1v) is 18.3. The minimum atomic E-state index is -1.06. The van der Waals surface area contributed by atoms with E-state index in [0.29, 0.717) is 34.3 Å². The molecule has 2 unspecified atom stereocenters. The number of aliphatic hydroxyl groups excluding tert-OH is 3. The molecule has 4 fully saturated rings. The fraction of sp³-hybridized carbons (Fsp3) is 0.811. The summed E-state index contributed by atoms with van der Waals surface area (Å²) in [6.45, 7) is 10.0. The van der Waals surface area contributed by atoms with Gasteiger partial charge < -0.3 is 25.8 Å². The van der Waals surface area contributed by atoms with Crippen LogP contribution in [0.25, 0.3) is 11.2 Å². The maximum absolute atomic E-state index is 10.8. The molecule has 9 heteroatoms. The minimum Gasteiger partial charge on any atom is -0.393 e. The molecule has 2 aromatic rings. The fourth-order valence-electron chi connectivity index (χ4n) is 11.5. The first-order chi connectivity index (χ1) is 22.0. The average Bonchev–Trinajstić information content (AvgIpc) is 3.70. The van der Waals surface area contributed by atoms with Gasteiger partial charge in [-0.15, -0.1) is 0 Å². The van der Waals surface area contributed by atoms with E-state index >= 15 is 0 Å². The molecular weight excluding hydrogens is 578 g/mol. The van der Waals surface area contributed by atoms with Crippen LogP contribution >= 0.6 is 0 Å². The Morgan fingerprint density at radius 2 is 1.80 bits per heavy atom. The lowest BCUT2D eigenvalue weighted by molar-refractivity contribution is -0.0573.